The molecular formula is C13H25BO. The van der Waals surface area contributed by atoms with Crippen LogP contribution in [0.15, 0.2) is 0 Å². The van der Waals surface area contributed by atoms with E-state index in [1.807, 2.05) is 6.92 Å². The molecule has 1 aliphatic rings. The van der Waals surface area contributed by atoms with E-state index < -0.39 is 5.60 Å². The van der Waals surface area contributed by atoms with Crippen LogP contribution in [-0.2, 0) is 0 Å². The van der Waals surface area contributed by atoms with Gasteiger partial charge in [-0.15, -0.1) is 0 Å². The van der Waals surface area contributed by atoms with Crippen molar-refractivity contribution in [2.45, 2.75) is 77.1 Å². The van der Waals surface area contributed by atoms with Gasteiger partial charge in [-0.2, -0.15) is 0 Å². The molecule has 1 N–H and O–H groups in total. The average molecular weight is 208 g/mol. The minimum Gasteiger partial charge on any atom is -0.390 e. The van der Waals surface area contributed by atoms with E-state index in [0.29, 0.717) is 0 Å². The molecule has 0 heterocycles. The first-order valence-corrected chi connectivity index (χ1v) is 6.18. The SMILES string of the molecule is [B]C1(C(C)(C)C)CCCC(C)(O)CCC1. The fraction of sp³-hybridized carbons (Fsp3) is 1.00. The zero-order chi connectivity index (χ0) is 11.7. The Balaban J connectivity index is 2.67. The van der Waals surface area contributed by atoms with Gasteiger partial charge in [-0.1, -0.05) is 51.8 Å². The van der Waals surface area contributed by atoms with Crippen LogP contribution in [-0.4, -0.2) is 18.6 Å². The van der Waals surface area contributed by atoms with E-state index in [0.717, 1.165) is 38.5 Å². The summed E-state index contributed by atoms with van der Waals surface area (Å²) in [7, 11) is 6.51. The highest BCUT2D eigenvalue weighted by Crippen LogP contribution is 2.52. The summed E-state index contributed by atoms with van der Waals surface area (Å²) < 4.78 is 0. The number of aliphatic hydroxyl groups is 1. The second-order valence-electron chi connectivity index (χ2n) is 6.61. The second-order valence-corrected chi connectivity index (χ2v) is 6.61. The van der Waals surface area contributed by atoms with Gasteiger partial charge in [0.2, 0.25) is 0 Å². The maximum absolute atomic E-state index is 10.0. The molecule has 0 aromatic rings. The van der Waals surface area contributed by atoms with E-state index in [-0.39, 0.29) is 10.7 Å². The maximum Gasteiger partial charge on any atom is 0.0753 e. The summed E-state index contributed by atoms with van der Waals surface area (Å²) in [5.74, 6) is 0. The Hall–Kier alpha value is 0.0249. The zero-order valence-electron chi connectivity index (χ0n) is 10.8. The molecule has 1 aliphatic carbocycles. The van der Waals surface area contributed by atoms with Gasteiger partial charge in [0.05, 0.1) is 13.4 Å². The van der Waals surface area contributed by atoms with Crippen LogP contribution >= 0.6 is 0 Å². The molecule has 2 radical (unpaired) electrons. The fourth-order valence-electron chi connectivity index (χ4n) is 2.57. The molecule has 1 rings (SSSR count). The Morgan fingerprint density at radius 1 is 1.00 bits per heavy atom. The molecular weight excluding hydrogens is 183 g/mol. The van der Waals surface area contributed by atoms with Crippen molar-refractivity contribution in [1.29, 1.82) is 0 Å². The van der Waals surface area contributed by atoms with E-state index in [1.54, 1.807) is 0 Å². The molecule has 0 atom stereocenters. The van der Waals surface area contributed by atoms with Gasteiger partial charge in [-0.05, 0) is 25.2 Å². The van der Waals surface area contributed by atoms with Gasteiger partial charge in [-0.3, -0.25) is 0 Å². The molecule has 0 spiro atoms. The lowest BCUT2D eigenvalue weighted by atomic mass is 9.49. The van der Waals surface area contributed by atoms with Crippen LogP contribution < -0.4 is 0 Å². The van der Waals surface area contributed by atoms with Crippen molar-refractivity contribution >= 4 is 7.85 Å². The van der Waals surface area contributed by atoms with E-state index >= 15 is 0 Å². The first kappa shape index (κ1) is 13.1. The van der Waals surface area contributed by atoms with E-state index in [9.17, 15) is 5.11 Å². The number of hydrogen-bond donors (Lipinski definition) is 1. The number of hydrogen-bond acceptors (Lipinski definition) is 1. The van der Waals surface area contributed by atoms with Gasteiger partial charge in [0.15, 0.2) is 0 Å². The summed E-state index contributed by atoms with van der Waals surface area (Å²) in [5, 5.41) is 9.96. The van der Waals surface area contributed by atoms with Crippen LogP contribution in [0.3, 0.4) is 0 Å². The summed E-state index contributed by atoms with van der Waals surface area (Å²) in [6.07, 6.45) is 5.94. The van der Waals surface area contributed by atoms with Crippen molar-refractivity contribution in [3.8, 4) is 0 Å². The van der Waals surface area contributed by atoms with Gasteiger partial charge in [-0.25, -0.2) is 0 Å². The van der Waals surface area contributed by atoms with E-state index in [1.165, 1.54) is 0 Å². The molecule has 86 valence electrons. The molecule has 0 bridgehead atoms. The van der Waals surface area contributed by atoms with Gasteiger partial charge in [0.25, 0.3) is 0 Å². The summed E-state index contributed by atoms with van der Waals surface area (Å²) in [6, 6.07) is 0. The van der Waals surface area contributed by atoms with Crippen molar-refractivity contribution in [1.82, 2.24) is 0 Å². The summed E-state index contributed by atoms with van der Waals surface area (Å²) in [6.45, 7) is 8.64. The third-order valence-corrected chi connectivity index (χ3v) is 4.17. The molecule has 0 unspecified atom stereocenters. The molecule has 15 heavy (non-hydrogen) atoms. The summed E-state index contributed by atoms with van der Waals surface area (Å²) in [4.78, 5) is 0. The average Bonchev–Trinajstić information content (AvgIpc) is 1.98. The molecule has 0 amide bonds. The highest BCUT2D eigenvalue weighted by Gasteiger charge is 2.38. The highest BCUT2D eigenvalue weighted by molar-refractivity contribution is 6.15. The predicted octanol–water partition coefficient (Wildman–Crippen LogP) is 3.46. The molecule has 1 nitrogen and oxygen atoms in total. The van der Waals surface area contributed by atoms with Crippen molar-refractivity contribution in [3.05, 3.63) is 0 Å². The molecule has 0 aromatic heterocycles. The summed E-state index contributed by atoms with van der Waals surface area (Å²) in [5.41, 5.74) is -0.296. The lowest BCUT2D eigenvalue weighted by Gasteiger charge is -2.45. The normalized spacial score (nSPS) is 39.5. The first-order valence-electron chi connectivity index (χ1n) is 6.18. The maximum atomic E-state index is 10.0. The zero-order valence-corrected chi connectivity index (χ0v) is 10.8. The Kier molecular flexibility index (Phi) is 3.60. The molecule has 1 fully saturated rings. The monoisotopic (exact) mass is 208 g/mol. The first-order chi connectivity index (χ1) is 6.66. The highest BCUT2D eigenvalue weighted by atomic mass is 16.3. The van der Waals surface area contributed by atoms with Crippen molar-refractivity contribution in [2.75, 3.05) is 0 Å². The smallest absolute Gasteiger partial charge is 0.0753 e. The third-order valence-electron chi connectivity index (χ3n) is 4.17. The minimum atomic E-state index is -0.459. The molecule has 1 saturated carbocycles. The quantitative estimate of drug-likeness (QED) is 0.604. The lowest BCUT2D eigenvalue weighted by Crippen LogP contribution is -2.34. The molecule has 2 heteroatoms. The van der Waals surface area contributed by atoms with Crippen LogP contribution in [0.25, 0.3) is 0 Å². The van der Waals surface area contributed by atoms with E-state index in [4.69, 9.17) is 7.85 Å². The van der Waals surface area contributed by atoms with Gasteiger partial charge < -0.3 is 5.11 Å². The molecule has 0 saturated heterocycles. The molecule has 0 aromatic carbocycles. The van der Waals surface area contributed by atoms with Crippen molar-refractivity contribution in [2.24, 2.45) is 5.41 Å². The largest absolute Gasteiger partial charge is 0.390 e. The van der Waals surface area contributed by atoms with Crippen LogP contribution in [0.1, 0.15) is 66.2 Å². The van der Waals surface area contributed by atoms with Crippen LogP contribution in [0.5, 0.6) is 0 Å². The Bertz CT molecular complexity index is 203. The summed E-state index contributed by atoms with van der Waals surface area (Å²) >= 11 is 0. The van der Waals surface area contributed by atoms with Crippen molar-refractivity contribution in [3.63, 3.8) is 0 Å². The Morgan fingerprint density at radius 3 is 1.73 bits per heavy atom. The fourth-order valence-corrected chi connectivity index (χ4v) is 2.57. The Labute approximate surface area is 96.1 Å². The second kappa shape index (κ2) is 4.12. The van der Waals surface area contributed by atoms with Crippen LogP contribution in [0, 0.1) is 5.41 Å². The predicted molar refractivity (Wildman–Crippen MR) is 66.2 cm³/mol. The van der Waals surface area contributed by atoms with Crippen LogP contribution in [0.4, 0.5) is 0 Å². The standard InChI is InChI=1S/C13H25BO/c1-11(2,3)13(14)9-5-7-12(4,15)8-6-10-13/h15H,5-10H2,1-4H3. The van der Waals surface area contributed by atoms with Gasteiger partial charge >= 0.3 is 0 Å². The van der Waals surface area contributed by atoms with E-state index in [2.05, 4.69) is 20.8 Å². The third kappa shape index (κ3) is 3.24. The topological polar surface area (TPSA) is 20.2 Å². The van der Waals surface area contributed by atoms with Crippen LogP contribution in [0.2, 0.25) is 5.31 Å². The molecule has 0 aliphatic heterocycles. The van der Waals surface area contributed by atoms with Gasteiger partial charge in [0.1, 0.15) is 0 Å². The number of rotatable bonds is 0. The van der Waals surface area contributed by atoms with Crippen molar-refractivity contribution < 1.29 is 5.11 Å². The minimum absolute atomic E-state index is 0.0521. The lowest BCUT2D eigenvalue weighted by molar-refractivity contribution is 0.0238. The van der Waals surface area contributed by atoms with Gasteiger partial charge in [0, 0.05) is 0 Å². The Morgan fingerprint density at radius 2 is 1.40 bits per heavy atom.